The van der Waals surface area contributed by atoms with E-state index in [1.54, 1.807) is 0 Å². The summed E-state index contributed by atoms with van der Waals surface area (Å²) in [4.78, 5) is 2.43. The Bertz CT molecular complexity index is 329. The summed E-state index contributed by atoms with van der Waals surface area (Å²) in [6.45, 7) is 5.40. The highest BCUT2D eigenvalue weighted by atomic mass is 16.3. The van der Waals surface area contributed by atoms with Crippen molar-refractivity contribution in [1.29, 1.82) is 0 Å². The second kappa shape index (κ2) is 4.40. The Balaban J connectivity index is 2.16. The lowest BCUT2D eigenvalue weighted by Crippen LogP contribution is -2.36. The number of furan rings is 1. The fourth-order valence-corrected chi connectivity index (χ4v) is 2.43. The van der Waals surface area contributed by atoms with E-state index in [-0.39, 0.29) is 0 Å². The molecule has 1 aliphatic rings. The van der Waals surface area contributed by atoms with Gasteiger partial charge in [-0.25, -0.2) is 0 Å². The van der Waals surface area contributed by atoms with Crippen molar-refractivity contribution >= 4 is 0 Å². The minimum atomic E-state index is 0.713. The van der Waals surface area contributed by atoms with E-state index in [0.29, 0.717) is 6.04 Å². The lowest BCUT2D eigenvalue weighted by Gasteiger charge is -2.31. The van der Waals surface area contributed by atoms with Crippen molar-refractivity contribution in [3.63, 3.8) is 0 Å². The summed E-state index contributed by atoms with van der Waals surface area (Å²) in [5.41, 5.74) is 1.45. The van der Waals surface area contributed by atoms with Gasteiger partial charge in [-0.05, 0) is 31.5 Å². The van der Waals surface area contributed by atoms with Gasteiger partial charge in [-0.15, -0.1) is 0 Å². The molecule has 0 saturated heterocycles. The zero-order valence-corrected chi connectivity index (χ0v) is 10.0. The first-order chi connectivity index (χ1) is 7.24. The van der Waals surface area contributed by atoms with Gasteiger partial charge in [-0.3, -0.25) is 4.90 Å². The number of hydrogen-bond donors (Lipinski definition) is 0. The van der Waals surface area contributed by atoms with E-state index in [9.17, 15) is 0 Å². The van der Waals surface area contributed by atoms with Gasteiger partial charge in [0.2, 0.25) is 0 Å². The van der Waals surface area contributed by atoms with Crippen LogP contribution < -0.4 is 0 Å². The Morgan fingerprint density at radius 3 is 2.93 bits per heavy atom. The summed E-state index contributed by atoms with van der Waals surface area (Å²) in [5, 5.41) is 0. The molecule has 0 amide bonds. The Kier molecular flexibility index (Phi) is 3.15. The predicted octanol–water partition coefficient (Wildman–Crippen LogP) is 3.00. The second-order valence-corrected chi connectivity index (χ2v) is 4.58. The van der Waals surface area contributed by atoms with Gasteiger partial charge in [0.25, 0.3) is 0 Å². The van der Waals surface area contributed by atoms with Crippen LogP contribution in [-0.4, -0.2) is 18.0 Å². The normalized spacial score (nSPS) is 21.7. The third-order valence-corrected chi connectivity index (χ3v) is 3.39. The minimum absolute atomic E-state index is 0.713. The highest BCUT2D eigenvalue weighted by molar-refractivity contribution is 5.25. The number of rotatable bonds is 3. The van der Waals surface area contributed by atoms with Crippen LogP contribution in [0.3, 0.4) is 0 Å². The van der Waals surface area contributed by atoms with Gasteiger partial charge in [0.15, 0.2) is 0 Å². The number of fused-ring (bicyclic) bond motifs is 1. The summed E-state index contributed by atoms with van der Waals surface area (Å²) >= 11 is 0. The van der Waals surface area contributed by atoms with Gasteiger partial charge in [0, 0.05) is 12.5 Å². The Labute approximate surface area is 92.3 Å². The van der Waals surface area contributed by atoms with Gasteiger partial charge >= 0.3 is 0 Å². The fourth-order valence-electron chi connectivity index (χ4n) is 2.43. The van der Waals surface area contributed by atoms with Crippen LogP contribution >= 0.6 is 0 Å². The van der Waals surface area contributed by atoms with Crippen molar-refractivity contribution in [3.8, 4) is 0 Å². The average molecular weight is 207 g/mol. The maximum atomic E-state index is 5.81. The van der Waals surface area contributed by atoms with E-state index in [2.05, 4.69) is 31.9 Å². The largest absolute Gasteiger partial charge is 0.464 e. The zero-order valence-electron chi connectivity index (χ0n) is 10.0. The summed E-state index contributed by atoms with van der Waals surface area (Å²) in [5.74, 6) is 2.34. The SMILES string of the molecule is CCCC1Cc2cc(CC)oc2CN1C. The quantitative estimate of drug-likeness (QED) is 0.757. The molecule has 0 N–H and O–H groups in total. The topological polar surface area (TPSA) is 16.4 Å². The lowest BCUT2D eigenvalue weighted by atomic mass is 9.97. The van der Waals surface area contributed by atoms with Crippen molar-refractivity contribution in [3.05, 3.63) is 23.2 Å². The highest BCUT2D eigenvalue weighted by Crippen LogP contribution is 2.27. The lowest BCUT2D eigenvalue weighted by molar-refractivity contribution is 0.183. The Morgan fingerprint density at radius 2 is 2.27 bits per heavy atom. The van der Waals surface area contributed by atoms with Crippen molar-refractivity contribution in [2.75, 3.05) is 7.05 Å². The van der Waals surface area contributed by atoms with Gasteiger partial charge in [-0.2, -0.15) is 0 Å². The second-order valence-electron chi connectivity index (χ2n) is 4.58. The van der Waals surface area contributed by atoms with E-state index in [4.69, 9.17) is 4.42 Å². The van der Waals surface area contributed by atoms with E-state index in [1.165, 1.54) is 30.6 Å². The van der Waals surface area contributed by atoms with Crippen LogP contribution in [-0.2, 0) is 19.4 Å². The van der Waals surface area contributed by atoms with Gasteiger partial charge < -0.3 is 4.42 Å². The van der Waals surface area contributed by atoms with Crippen molar-refractivity contribution in [2.24, 2.45) is 0 Å². The fraction of sp³-hybridized carbons (Fsp3) is 0.692. The van der Waals surface area contributed by atoms with Crippen LogP contribution in [0.4, 0.5) is 0 Å². The molecule has 0 radical (unpaired) electrons. The van der Waals surface area contributed by atoms with Crippen LogP contribution in [0.2, 0.25) is 0 Å². The first-order valence-corrected chi connectivity index (χ1v) is 6.05. The molecule has 0 spiro atoms. The molecule has 0 bridgehead atoms. The maximum Gasteiger partial charge on any atom is 0.121 e. The monoisotopic (exact) mass is 207 g/mol. The summed E-state index contributed by atoms with van der Waals surface area (Å²) in [6, 6.07) is 2.97. The third kappa shape index (κ3) is 2.10. The molecule has 1 aromatic rings. The van der Waals surface area contributed by atoms with Gasteiger partial charge in [0.1, 0.15) is 11.5 Å². The molecule has 2 nitrogen and oxygen atoms in total. The van der Waals surface area contributed by atoms with Gasteiger partial charge in [-0.1, -0.05) is 20.3 Å². The van der Waals surface area contributed by atoms with Crippen LogP contribution in [0.25, 0.3) is 0 Å². The van der Waals surface area contributed by atoms with Crippen LogP contribution in [0.1, 0.15) is 43.8 Å². The maximum absolute atomic E-state index is 5.81. The number of hydrogen-bond acceptors (Lipinski definition) is 2. The van der Waals surface area contributed by atoms with Crippen LogP contribution in [0, 0.1) is 0 Å². The van der Waals surface area contributed by atoms with Crippen LogP contribution in [0.5, 0.6) is 0 Å². The average Bonchev–Trinajstić information content (AvgIpc) is 2.61. The van der Waals surface area contributed by atoms with E-state index in [0.717, 1.165) is 18.7 Å². The molecule has 15 heavy (non-hydrogen) atoms. The molecule has 1 unspecified atom stereocenters. The molecule has 0 aromatic carbocycles. The molecule has 1 aromatic heterocycles. The molecule has 2 heteroatoms. The number of aryl methyl sites for hydroxylation is 1. The molecule has 1 aliphatic heterocycles. The molecule has 2 heterocycles. The third-order valence-electron chi connectivity index (χ3n) is 3.39. The van der Waals surface area contributed by atoms with E-state index in [1.807, 2.05) is 0 Å². The standard InChI is InChI=1S/C13H21NO/c1-4-6-11-7-10-8-12(5-2)15-13(10)9-14(11)3/h8,11H,4-7,9H2,1-3H3. The predicted molar refractivity (Wildman–Crippen MR) is 62.0 cm³/mol. The highest BCUT2D eigenvalue weighted by Gasteiger charge is 2.25. The van der Waals surface area contributed by atoms with Crippen molar-refractivity contribution < 1.29 is 4.42 Å². The molecular formula is C13H21NO. The number of likely N-dealkylation sites (N-methyl/N-ethyl adjacent to an activating group) is 1. The van der Waals surface area contributed by atoms with Crippen LogP contribution in [0.15, 0.2) is 10.5 Å². The summed E-state index contributed by atoms with van der Waals surface area (Å²) < 4.78 is 5.81. The molecular weight excluding hydrogens is 186 g/mol. The minimum Gasteiger partial charge on any atom is -0.464 e. The van der Waals surface area contributed by atoms with Gasteiger partial charge in [0.05, 0.1) is 6.54 Å². The zero-order chi connectivity index (χ0) is 10.8. The molecule has 0 saturated carbocycles. The first kappa shape index (κ1) is 10.7. The first-order valence-electron chi connectivity index (χ1n) is 6.05. The van der Waals surface area contributed by atoms with E-state index < -0.39 is 0 Å². The number of nitrogens with zero attached hydrogens (tertiary/aromatic N) is 1. The summed E-state index contributed by atoms with van der Waals surface area (Å²) in [6.07, 6.45) is 4.74. The van der Waals surface area contributed by atoms with Crippen molar-refractivity contribution in [2.45, 2.75) is 52.1 Å². The summed E-state index contributed by atoms with van der Waals surface area (Å²) in [7, 11) is 2.21. The van der Waals surface area contributed by atoms with E-state index >= 15 is 0 Å². The molecule has 2 rings (SSSR count). The molecule has 0 aliphatic carbocycles. The van der Waals surface area contributed by atoms with Crippen molar-refractivity contribution in [1.82, 2.24) is 4.90 Å². The molecule has 84 valence electrons. The Morgan fingerprint density at radius 1 is 1.47 bits per heavy atom. The Hall–Kier alpha value is -0.760. The smallest absolute Gasteiger partial charge is 0.121 e. The molecule has 0 fully saturated rings. The molecule has 1 atom stereocenters.